The molecule has 0 aromatic heterocycles. The molecule has 1 fully saturated rings. The Labute approximate surface area is 252 Å². The quantitative estimate of drug-likeness (QED) is 0.146. The van der Waals surface area contributed by atoms with Crippen molar-refractivity contribution >= 4 is 58.4 Å². The molecule has 0 N–H and O–H groups in total. The van der Waals surface area contributed by atoms with Gasteiger partial charge in [-0.25, -0.2) is 4.79 Å². The maximum absolute atomic E-state index is 14.3. The summed E-state index contributed by atoms with van der Waals surface area (Å²) in [6, 6.07) is 19.6. The number of likely N-dealkylation sites (tertiary alicyclic amines) is 1. The van der Waals surface area contributed by atoms with Gasteiger partial charge < -0.3 is 4.74 Å². The number of imide groups is 1. The summed E-state index contributed by atoms with van der Waals surface area (Å²) in [5.74, 6) is -5.07. The standard InChI is InChI=1S/C32H26Cl3NO5/c1-16(2)26(30(40)41-17(3)27(37)18-12-14-19(33)15-13-18)36-28(38)24-25(29(36)39)32(35)21-9-5-4-8-20(21)31(24,34)22-10-6-7-11-23(22)32/h4-17,24-26H,1-3H3/t17-,24-,25-,26-,31?,32?/m0/s1. The number of ether oxygens (including phenoxy) is 1. The van der Waals surface area contributed by atoms with Gasteiger partial charge in [-0.15, -0.1) is 23.2 Å². The molecule has 2 bridgehead atoms. The van der Waals surface area contributed by atoms with E-state index in [-0.39, 0.29) is 0 Å². The van der Waals surface area contributed by atoms with Crippen LogP contribution in [-0.4, -0.2) is 40.6 Å². The average Bonchev–Trinajstić information content (AvgIpc) is 3.22. The van der Waals surface area contributed by atoms with E-state index in [1.165, 1.54) is 19.1 Å². The van der Waals surface area contributed by atoms with Crippen LogP contribution in [0.2, 0.25) is 5.02 Å². The molecule has 4 atom stereocenters. The van der Waals surface area contributed by atoms with Crippen LogP contribution in [0.15, 0.2) is 72.8 Å². The summed E-state index contributed by atoms with van der Waals surface area (Å²) in [6.07, 6.45) is -1.16. The number of amides is 2. The molecule has 9 heteroatoms. The fourth-order valence-corrected chi connectivity index (χ4v) is 8.01. The first-order chi connectivity index (χ1) is 19.4. The van der Waals surface area contributed by atoms with Crippen LogP contribution in [-0.2, 0) is 28.9 Å². The summed E-state index contributed by atoms with van der Waals surface area (Å²) in [7, 11) is 0. The van der Waals surface area contributed by atoms with Gasteiger partial charge >= 0.3 is 5.97 Å². The van der Waals surface area contributed by atoms with Crippen molar-refractivity contribution < 1.29 is 23.9 Å². The molecule has 0 saturated carbocycles. The number of carbonyl (C=O) groups is 4. The van der Waals surface area contributed by atoms with Gasteiger partial charge in [0.15, 0.2) is 6.10 Å². The van der Waals surface area contributed by atoms with E-state index in [1.807, 2.05) is 48.5 Å². The number of nitrogens with zero attached hydrogens (tertiary/aromatic N) is 1. The third kappa shape index (κ3) is 3.77. The number of ketones is 1. The van der Waals surface area contributed by atoms with Crippen molar-refractivity contribution in [3.05, 3.63) is 106 Å². The first-order valence-electron chi connectivity index (χ1n) is 13.4. The van der Waals surface area contributed by atoms with Crippen LogP contribution in [0.4, 0.5) is 0 Å². The number of carbonyl (C=O) groups excluding carboxylic acids is 4. The van der Waals surface area contributed by atoms with Gasteiger partial charge in [0.25, 0.3) is 0 Å². The van der Waals surface area contributed by atoms with E-state index in [9.17, 15) is 19.2 Å². The fourth-order valence-electron chi connectivity index (χ4n) is 6.78. The molecule has 210 valence electrons. The Balaban J connectivity index is 1.39. The molecule has 7 rings (SSSR count). The van der Waals surface area contributed by atoms with E-state index in [1.54, 1.807) is 26.0 Å². The van der Waals surface area contributed by atoms with Crippen molar-refractivity contribution in [1.82, 2.24) is 4.90 Å². The van der Waals surface area contributed by atoms with Crippen molar-refractivity contribution in [3.8, 4) is 0 Å². The third-order valence-corrected chi connectivity index (χ3v) is 10.1. The Morgan fingerprint density at radius 2 is 1.17 bits per heavy atom. The van der Waals surface area contributed by atoms with E-state index in [0.29, 0.717) is 32.8 Å². The van der Waals surface area contributed by atoms with Gasteiger partial charge in [-0.3, -0.25) is 19.3 Å². The number of rotatable bonds is 6. The van der Waals surface area contributed by atoms with Crippen molar-refractivity contribution in [2.75, 3.05) is 0 Å². The molecular weight excluding hydrogens is 585 g/mol. The van der Waals surface area contributed by atoms with Crippen LogP contribution >= 0.6 is 34.8 Å². The fraction of sp³-hybridized carbons (Fsp3) is 0.312. The van der Waals surface area contributed by atoms with Gasteiger partial charge in [0, 0.05) is 10.6 Å². The SMILES string of the molecule is CC(C)[C@@H](C(=O)O[C@@H](C)C(=O)c1ccc(Cl)cc1)N1C(=O)[C@@H]2[C@@H](C1=O)C1(Cl)c3ccccc3C2(Cl)c2ccccc21. The highest BCUT2D eigenvalue weighted by Gasteiger charge is 2.74. The lowest BCUT2D eigenvalue weighted by Crippen LogP contribution is -2.57. The number of esters is 1. The molecule has 2 amide bonds. The third-order valence-electron chi connectivity index (χ3n) is 8.56. The van der Waals surface area contributed by atoms with Gasteiger partial charge in [0.05, 0.1) is 11.8 Å². The topological polar surface area (TPSA) is 80.8 Å². The largest absolute Gasteiger partial charge is 0.453 e. The molecule has 3 aromatic carbocycles. The van der Waals surface area contributed by atoms with E-state index < -0.39 is 63.2 Å². The predicted molar refractivity (Wildman–Crippen MR) is 155 cm³/mol. The molecule has 0 unspecified atom stereocenters. The maximum atomic E-state index is 14.3. The molecule has 41 heavy (non-hydrogen) atoms. The Hall–Kier alpha value is -3.19. The second-order valence-corrected chi connectivity index (χ2v) is 12.8. The number of alkyl halides is 2. The van der Waals surface area contributed by atoms with Crippen molar-refractivity contribution in [2.24, 2.45) is 17.8 Å². The van der Waals surface area contributed by atoms with Crippen molar-refractivity contribution in [2.45, 2.75) is 42.7 Å². The zero-order valence-electron chi connectivity index (χ0n) is 22.4. The van der Waals surface area contributed by atoms with Crippen LogP contribution in [0.3, 0.4) is 0 Å². The molecule has 1 heterocycles. The minimum atomic E-state index is -1.36. The molecule has 0 radical (unpaired) electrons. The van der Waals surface area contributed by atoms with Crippen LogP contribution < -0.4 is 0 Å². The van der Waals surface area contributed by atoms with Gasteiger partial charge in [0.2, 0.25) is 17.6 Å². The van der Waals surface area contributed by atoms with Gasteiger partial charge in [-0.05, 0) is 59.4 Å². The lowest BCUT2D eigenvalue weighted by molar-refractivity contribution is -0.162. The highest BCUT2D eigenvalue weighted by Crippen LogP contribution is 2.69. The molecule has 1 saturated heterocycles. The van der Waals surface area contributed by atoms with Gasteiger partial charge in [-0.1, -0.05) is 74.0 Å². The Morgan fingerprint density at radius 3 is 1.56 bits per heavy atom. The summed E-state index contributed by atoms with van der Waals surface area (Å²) in [4.78, 5) is 53.5. The van der Waals surface area contributed by atoms with Crippen molar-refractivity contribution in [3.63, 3.8) is 0 Å². The van der Waals surface area contributed by atoms with E-state index in [2.05, 4.69) is 0 Å². The number of Topliss-reactive ketones (excluding diaryl/α,β-unsaturated/α-hetero) is 1. The number of benzene rings is 3. The molecule has 3 aromatic rings. The summed E-state index contributed by atoms with van der Waals surface area (Å²) < 4.78 is 5.59. The van der Waals surface area contributed by atoms with Crippen molar-refractivity contribution in [1.29, 1.82) is 0 Å². The minimum absolute atomic E-state index is 0.315. The lowest BCUT2D eigenvalue weighted by Gasteiger charge is -2.54. The second-order valence-electron chi connectivity index (χ2n) is 11.2. The zero-order chi connectivity index (χ0) is 29.4. The van der Waals surface area contributed by atoms with Crippen LogP contribution in [0.25, 0.3) is 0 Å². The normalized spacial score (nSPS) is 27.2. The molecular formula is C32H26Cl3NO5. The molecule has 3 aliphatic carbocycles. The average molecular weight is 611 g/mol. The monoisotopic (exact) mass is 609 g/mol. The predicted octanol–water partition coefficient (Wildman–Crippen LogP) is 6.07. The van der Waals surface area contributed by atoms with Gasteiger partial charge in [-0.2, -0.15) is 0 Å². The molecule has 1 aliphatic heterocycles. The van der Waals surface area contributed by atoms with E-state index >= 15 is 0 Å². The highest BCUT2D eigenvalue weighted by molar-refractivity contribution is 6.36. The Bertz CT molecular complexity index is 1500. The first-order valence-corrected chi connectivity index (χ1v) is 14.5. The number of hydrogen-bond donors (Lipinski definition) is 0. The summed E-state index contributed by atoms with van der Waals surface area (Å²) >= 11 is 20.9. The van der Waals surface area contributed by atoms with Crippen LogP contribution in [0.5, 0.6) is 0 Å². The first kappa shape index (κ1) is 28.0. The Kier molecular flexibility index (Phi) is 6.60. The summed E-state index contributed by atoms with van der Waals surface area (Å²) in [5, 5.41) is 0.464. The number of hydrogen-bond acceptors (Lipinski definition) is 5. The Morgan fingerprint density at radius 1 is 0.756 bits per heavy atom. The zero-order valence-corrected chi connectivity index (χ0v) is 24.7. The van der Waals surface area contributed by atoms with E-state index in [0.717, 1.165) is 4.90 Å². The molecule has 6 nitrogen and oxygen atoms in total. The lowest BCUT2D eigenvalue weighted by atomic mass is 9.54. The van der Waals surface area contributed by atoms with Gasteiger partial charge in [0.1, 0.15) is 15.8 Å². The van der Waals surface area contributed by atoms with E-state index in [4.69, 9.17) is 39.5 Å². The summed E-state index contributed by atoms with van der Waals surface area (Å²) in [6.45, 7) is 4.88. The molecule has 4 aliphatic rings. The molecule has 0 spiro atoms. The van der Waals surface area contributed by atoms with Crippen LogP contribution in [0, 0.1) is 17.8 Å². The minimum Gasteiger partial charge on any atom is -0.453 e. The smallest absolute Gasteiger partial charge is 0.330 e. The maximum Gasteiger partial charge on any atom is 0.330 e. The second kappa shape index (κ2) is 9.69. The summed E-state index contributed by atoms with van der Waals surface area (Å²) in [5.41, 5.74) is 3.00. The highest BCUT2D eigenvalue weighted by atomic mass is 35.5. The number of halogens is 3. The van der Waals surface area contributed by atoms with Crippen LogP contribution in [0.1, 0.15) is 53.4 Å².